The molecule has 2 rings (SSSR count). The molecule has 1 aliphatic heterocycles. The molecule has 0 aliphatic carbocycles. The van der Waals surface area contributed by atoms with Crippen molar-refractivity contribution in [2.75, 3.05) is 52.9 Å². The van der Waals surface area contributed by atoms with Crippen LogP contribution < -0.4 is 10.1 Å². The van der Waals surface area contributed by atoms with Gasteiger partial charge in [-0.2, -0.15) is 0 Å². The van der Waals surface area contributed by atoms with Crippen molar-refractivity contribution in [1.82, 2.24) is 15.1 Å². The average Bonchev–Trinajstić information content (AvgIpc) is 2.58. The summed E-state index contributed by atoms with van der Waals surface area (Å²) in [5.74, 6) is 0.761. The molecular weight excluding hydrogens is 290 g/mol. The summed E-state index contributed by atoms with van der Waals surface area (Å²) in [4.78, 5) is 16.7. The normalized spacial score (nSPS) is 16.3. The van der Waals surface area contributed by atoms with Crippen molar-refractivity contribution in [1.29, 1.82) is 0 Å². The Hall–Kier alpha value is -1.59. The molecule has 1 saturated heterocycles. The number of para-hydroxylation sites is 1. The number of carbonyl (C=O) groups is 1. The van der Waals surface area contributed by atoms with Crippen molar-refractivity contribution in [3.8, 4) is 5.75 Å². The molecule has 1 fully saturated rings. The van der Waals surface area contributed by atoms with E-state index in [0.717, 1.165) is 56.9 Å². The molecule has 1 heterocycles. The van der Waals surface area contributed by atoms with Crippen LogP contribution in [0.25, 0.3) is 0 Å². The predicted molar refractivity (Wildman–Crippen MR) is 92.9 cm³/mol. The molecule has 1 aromatic rings. The highest BCUT2D eigenvalue weighted by Gasteiger charge is 2.13. The van der Waals surface area contributed by atoms with Gasteiger partial charge in [0, 0.05) is 32.7 Å². The summed E-state index contributed by atoms with van der Waals surface area (Å²) in [5, 5.41) is 2.94. The first kappa shape index (κ1) is 17.8. The molecule has 1 N–H and O–H groups in total. The van der Waals surface area contributed by atoms with Crippen molar-refractivity contribution in [2.45, 2.75) is 19.8 Å². The summed E-state index contributed by atoms with van der Waals surface area (Å²) in [6, 6.07) is 7.87. The molecule has 0 unspecified atom stereocenters. The maximum atomic E-state index is 11.9. The fourth-order valence-electron chi connectivity index (χ4n) is 2.73. The second-order valence-corrected chi connectivity index (χ2v) is 6.10. The minimum Gasteiger partial charge on any atom is -0.483 e. The first-order chi connectivity index (χ1) is 11.2. The van der Waals surface area contributed by atoms with Gasteiger partial charge in [0.05, 0.1) is 0 Å². The van der Waals surface area contributed by atoms with E-state index in [2.05, 4.69) is 29.1 Å². The van der Waals surface area contributed by atoms with Gasteiger partial charge in [0.15, 0.2) is 6.61 Å². The van der Waals surface area contributed by atoms with Crippen molar-refractivity contribution in [3.05, 3.63) is 29.8 Å². The van der Waals surface area contributed by atoms with Gasteiger partial charge in [0.25, 0.3) is 5.91 Å². The van der Waals surface area contributed by atoms with Gasteiger partial charge in [-0.25, -0.2) is 0 Å². The molecule has 128 valence electrons. The highest BCUT2D eigenvalue weighted by atomic mass is 16.5. The molecule has 0 spiro atoms. The highest BCUT2D eigenvalue weighted by molar-refractivity contribution is 5.77. The first-order valence-corrected chi connectivity index (χ1v) is 8.57. The Morgan fingerprint density at radius 2 is 1.96 bits per heavy atom. The number of nitrogens with one attached hydrogen (secondary N) is 1. The van der Waals surface area contributed by atoms with Gasteiger partial charge in [-0.3, -0.25) is 4.79 Å². The van der Waals surface area contributed by atoms with Gasteiger partial charge >= 0.3 is 0 Å². The van der Waals surface area contributed by atoms with E-state index in [4.69, 9.17) is 4.74 Å². The largest absolute Gasteiger partial charge is 0.483 e. The Morgan fingerprint density at radius 3 is 2.70 bits per heavy atom. The van der Waals surface area contributed by atoms with E-state index in [1.54, 1.807) is 0 Å². The van der Waals surface area contributed by atoms with Crippen LogP contribution in [0, 0.1) is 0 Å². The second kappa shape index (κ2) is 9.53. The highest BCUT2D eigenvalue weighted by Crippen LogP contribution is 2.17. The number of amides is 1. The smallest absolute Gasteiger partial charge is 0.257 e. The van der Waals surface area contributed by atoms with E-state index >= 15 is 0 Å². The summed E-state index contributed by atoms with van der Waals surface area (Å²) in [6.07, 6.45) is 1.89. The quantitative estimate of drug-likeness (QED) is 0.735. The zero-order valence-corrected chi connectivity index (χ0v) is 14.4. The lowest BCUT2D eigenvalue weighted by molar-refractivity contribution is -0.123. The van der Waals surface area contributed by atoms with Crippen LogP contribution >= 0.6 is 0 Å². The van der Waals surface area contributed by atoms with Crippen LogP contribution in [0.5, 0.6) is 5.75 Å². The maximum absolute atomic E-state index is 11.9. The zero-order valence-electron chi connectivity index (χ0n) is 14.4. The Bertz CT molecular complexity index is 485. The molecule has 0 saturated carbocycles. The molecule has 5 nitrogen and oxygen atoms in total. The predicted octanol–water partition coefficient (Wildman–Crippen LogP) is 1.38. The summed E-state index contributed by atoms with van der Waals surface area (Å²) < 4.78 is 5.62. The molecule has 1 aliphatic rings. The summed E-state index contributed by atoms with van der Waals surface area (Å²) in [5.41, 5.74) is 1.13. The van der Waals surface area contributed by atoms with E-state index in [0.29, 0.717) is 6.54 Å². The standard InChI is InChI=1S/C18H29N3O2/c1-3-16-7-4-5-8-17(16)23-15-18(22)19-9-6-10-21-13-11-20(2)12-14-21/h4-5,7-8H,3,6,9-15H2,1-2H3,(H,19,22). The lowest BCUT2D eigenvalue weighted by atomic mass is 10.1. The first-order valence-electron chi connectivity index (χ1n) is 8.57. The third-order valence-electron chi connectivity index (χ3n) is 4.28. The SMILES string of the molecule is CCc1ccccc1OCC(=O)NCCCN1CCN(C)CC1. The lowest BCUT2D eigenvalue weighted by Gasteiger charge is -2.32. The van der Waals surface area contributed by atoms with E-state index in [1.165, 1.54) is 0 Å². The van der Waals surface area contributed by atoms with Crippen LogP contribution in [0.1, 0.15) is 18.9 Å². The van der Waals surface area contributed by atoms with E-state index < -0.39 is 0 Å². The fraction of sp³-hybridized carbons (Fsp3) is 0.611. The number of carbonyl (C=O) groups excluding carboxylic acids is 1. The zero-order chi connectivity index (χ0) is 16.5. The third-order valence-corrected chi connectivity index (χ3v) is 4.28. The van der Waals surface area contributed by atoms with Gasteiger partial charge in [-0.1, -0.05) is 25.1 Å². The Kier molecular flexibility index (Phi) is 7.36. The van der Waals surface area contributed by atoms with Gasteiger partial charge in [-0.15, -0.1) is 0 Å². The van der Waals surface area contributed by atoms with Crippen molar-refractivity contribution in [2.24, 2.45) is 0 Å². The second-order valence-electron chi connectivity index (χ2n) is 6.10. The Labute approximate surface area is 139 Å². The van der Waals surface area contributed by atoms with Crippen LogP contribution in [0.3, 0.4) is 0 Å². The topological polar surface area (TPSA) is 44.8 Å². The Balaban J connectivity index is 1.58. The van der Waals surface area contributed by atoms with Crippen molar-refractivity contribution < 1.29 is 9.53 Å². The lowest BCUT2D eigenvalue weighted by Crippen LogP contribution is -2.45. The van der Waals surface area contributed by atoms with Crippen LogP contribution in [-0.2, 0) is 11.2 Å². The number of benzene rings is 1. The third kappa shape index (κ3) is 6.20. The molecule has 0 aromatic heterocycles. The number of aryl methyl sites for hydroxylation is 1. The molecule has 0 bridgehead atoms. The summed E-state index contributed by atoms with van der Waals surface area (Å²) in [7, 11) is 2.16. The maximum Gasteiger partial charge on any atom is 0.257 e. The number of likely N-dealkylation sites (N-methyl/N-ethyl adjacent to an activating group) is 1. The molecule has 1 amide bonds. The van der Waals surface area contributed by atoms with Crippen molar-refractivity contribution in [3.63, 3.8) is 0 Å². The molecular formula is C18H29N3O2. The number of hydrogen-bond acceptors (Lipinski definition) is 4. The molecule has 1 aromatic carbocycles. The number of hydrogen-bond donors (Lipinski definition) is 1. The van der Waals surface area contributed by atoms with Crippen molar-refractivity contribution >= 4 is 5.91 Å². The summed E-state index contributed by atoms with van der Waals surface area (Å²) >= 11 is 0. The number of piperazine rings is 1. The van der Waals surface area contributed by atoms with Gasteiger partial charge in [0.2, 0.25) is 0 Å². The summed E-state index contributed by atoms with van der Waals surface area (Å²) in [6.45, 7) is 8.46. The average molecular weight is 319 g/mol. The molecule has 23 heavy (non-hydrogen) atoms. The minimum absolute atomic E-state index is 0.0470. The van der Waals surface area contributed by atoms with Gasteiger partial charge in [-0.05, 0) is 38.1 Å². The van der Waals surface area contributed by atoms with Gasteiger partial charge in [0.1, 0.15) is 5.75 Å². The number of ether oxygens (including phenoxy) is 1. The minimum atomic E-state index is -0.0470. The van der Waals surface area contributed by atoms with Crippen LogP contribution in [-0.4, -0.2) is 68.6 Å². The van der Waals surface area contributed by atoms with Crippen LogP contribution in [0.15, 0.2) is 24.3 Å². The van der Waals surface area contributed by atoms with Gasteiger partial charge < -0.3 is 19.9 Å². The number of nitrogens with zero attached hydrogens (tertiary/aromatic N) is 2. The number of rotatable bonds is 8. The monoisotopic (exact) mass is 319 g/mol. The molecule has 5 heteroatoms. The Morgan fingerprint density at radius 1 is 1.22 bits per heavy atom. The van der Waals surface area contributed by atoms with E-state index in [1.807, 2.05) is 24.3 Å². The van der Waals surface area contributed by atoms with Crippen LogP contribution in [0.4, 0.5) is 0 Å². The fourth-order valence-corrected chi connectivity index (χ4v) is 2.73. The van der Waals surface area contributed by atoms with E-state index in [9.17, 15) is 4.79 Å². The van der Waals surface area contributed by atoms with Crippen LogP contribution in [0.2, 0.25) is 0 Å². The molecule has 0 atom stereocenters. The molecule has 0 radical (unpaired) electrons. The van der Waals surface area contributed by atoms with E-state index in [-0.39, 0.29) is 12.5 Å².